The van der Waals surface area contributed by atoms with E-state index in [1.807, 2.05) is 30.5 Å². The van der Waals surface area contributed by atoms with Crippen LogP contribution in [0.2, 0.25) is 0 Å². The Balaban J connectivity index is 1.46. The van der Waals surface area contributed by atoms with Crippen molar-refractivity contribution in [2.75, 3.05) is 13.1 Å². The van der Waals surface area contributed by atoms with Gasteiger partial charge in [-0.15, -0.1) is 11.8 Å². The summed E-state index contributed by atoms with van der Waals surface area (Å²) in [5, 5.41) is 0. The zero-order valence-electron chi connectivity index (χ0n) is 15.1. The van der Waals surface area contributed by atoms with E-state index >= 15 is 0 Å². The Hall–Kier alpha value is -1.81. The summed E-state index contributed by atoms with van der Waals surface area (Å²) in [7, 11) is 0. The topological polar surface area (TPSA) is 33.2 Å². The molecule has 4 heteroatoms. The minimum Gasteiger partial charge on any atom is -0.338 e. The van der Waals surface area contributed by atoms with Crippen molar-refractivity contribution < 1.29 is 4.79 Å². The van der Waals surface area contributed by atoms with Crippen LogP contribution in [0.3, 0.4) is 0 Å². The highest BCUT2D eigenvalue weighted by atomic mass is 32.2. The van der Waals surface area contributed by atoms with Crippen LogP contribution < -0.4 is 0 Å². The lowest BCUT2D eigenvalue weighted by Gasteiger charge is -2.41. The van der Waals surface area contributed by atoms with E-state index in [1.165, 1.54) is 37.7 Å². The maximum atomic E-state index is 13.2. The van der Waals surface area contributed by atoms with Gasteiger partial charge in [0.1, 0.15) is 0 Å². The number of amides is 1. The zero-order chi connectivity index (χ0) is 17.8. The number of fused-ring (bicyclic) bond motifs is 1. The van der Waals surface area contributed by atoms with Gasteiger partial charge < -0.3 is 4.90 Å². The molecule has 2 aromatic rings. The fourth-order valence-electron chi connectivity index (χ4n) is 4.37. The van der Waals surface area contributed by atoms with Gasteiger partial charge in [-0.1, -0.05) is 37.5 Å². The zero-order valence-corrected chi connectivity index (χ0v) is 16.0. The van der Waals surface area contributed by atoms with Crippen molar-refractivity contribution in [1.82, 2.24) is 9.88 Å². The van der Waals surface area contributed by atoms with Crippen molar-refractivity contribution in [1.29, 1.82) is 0 Å². The summed E-state index contributed by atoms with van der Waals surface area (Å²) < 4.78 is 0. The number of carbonyl (C=O) groups is 1. The van der Waals surface area contributed by atoms with Gasteiger partial charge in [-0.05, 0) is 48.4 Å². The number of nitrogens with zero attached hydrogens (tertiary/aromatic N) is 2. The molecule has 2 aliphatic rings. The molecule has 2 fully saturated rings. The van der Waals surface area contributed by atoms with Gasteiger partial charge in [-0.25, -0.2) is 0 Å². The van der Waals surface area contributed by atoms with E-state index in [-0.39, 0.29) is 5.91 Å². The van der Waals surface area contributed by atoms with Gasteiger partial charge in [-0.3, -0.25) is 9.78 Å². The Morgan fingerprint density at radius 1 is 1.08 bits per heavy atom. The SMILES string of the molecule is O=C(c1ccccc1SCc1cccnc1)N1CC[C@H]2CCCC[C@@H]2C1. The molecule has 26 heavy (non-hydrogen) atoms. The molecule has 0 unspecified atom stereocenters. The molecule has 3 nitrogen and oxygen atoms in total. The smallest absolute Gasteiger partial charge is 0.254 e. The average molecular weight is 367 g/mol. The number of hydrogen-bond donors (Lipinski definition) is 0. The third-order valence-corrected chi connectivity index (χ3v) is 6.96. The summed E-state index contributed by atoms with van der Waals surface area (Å²) >= 11 is 1.73. The fraction of sp³-hybridized carbons (Fsp3) is 0.455. The summed E-state index contributed by atoms with van der Waals surface area (Å²) in [6.45, 7) is 1.87. The van der Waals surface area contributed by atoms with Gasteiger partial charge >= 0.3 is 0 Å². The molecule has 2 atom stereocenters. The number of benzene rings is 1. The Labute approximate surface area is 160 Å². The summed E-state index contributed by atoms with van der Waals surface area (Å²) in [5.74, 6) is 2.62. The Morgan fingerprint density at radius 3 is 2.77 bits per heavy atom. The molecule has 1 saturated carbocycles. The maximum absolute atomic E-state index is 13.2. The minimum absolute atomic E-state index is 0.211. The largest absolute Gasteiger partial charge is 0.338 e. The molecule has 1 saturated heterocycles. The molecule has 136 valence electrons. The number of piperidine rings is 1. The number of rotatable bonds is 4. The van der Waals surface area contributed by atoms with Gasteiger partial charge in [0.05, 0.1) is 5.56 Å². The third kappa shape index (κ3) is 3.96. The molecule has 2 heterocycles. The first-order valence-electron chi connectivity index (χ1n) is 9.71. The number of carbonyl (C=O) groups excluding carboxylic acids is 1. The second-order valence-corrected chi connectivity index (χ2v) is 8.51. The van der Waals surface area contributed by atoms with Gasteiger partial charge in [-0.2, -0.15) is 0 Å². The maximum Gasteiger partial charge on any atom is 0.254 e. The molecule has 0 N–H and O–H groups in total. The van der Waals surface area contributed by atoms with Crippen molar-refractivity contribution in [3.63, 3.8) is 0 Å². The molecular weight excluding hydrogens is 340 g/mol. The highest BCUT2D eigenvalue weighted by Gasteiger charge is 2.33. The van der Waals surface area contributed by atoms with Crippen molar-refractivity contribution in [3.8, 4) is 0 Å². The van der Waals surface area contributed by atoms with E-state index < -0.39 is 0 Å². The Kier molecular flexibility index (Phi) is 5.59. The van der Waals surface area contributed by atoms with Gasteiger partial charge in [0.2, 0.25) is 0 Å². The van der Waals surface area contributed by atoms with E-state index in [2.05, 4.69) is 22.0 Å². The van der Waals surface area contributed by atoms with Gasteiger partial charge in [0.15, 0.2) is 0 Å². The molecule has 4 rings (SSSR count). The predicted octanol–water partition coefficient (Wildman–Crippen LogP) is 5.03. The first-order valence-corrected chi connectivity index (χ1v) is 10.7. The van der Waals surface area contributed by atoms with Crippen molar-refractivity contribution in [2.24, 2.45) is 11.8 Å². The summed E-state index contributed by atoms with van der Waals surface area (Å²) in [5.41, 5.74) is 2.04. The standard InChI is InChI=1S/C22H26N2OS/c25-22(24-13-11-18-7-1-2-8-19(18)15-24)20-9-3-4-10-21(20)26-16-17-6-5-12-23-14-17/h3-6,9-10,12,14,18-19H,1-2,7-8,11,13,15-16H2/t18-,19-/m1/s1. The number of hydrogen-bond acceptors (Lipinski definition) is 3. The molecule has 0 spiro atoms. The highest BCUT2D eigenvalue weighted by Crippen LogP contribution is 2.37. The number of likely N-dealkylation sites (tertiary alicyclic amines) is 1. The summed E-state index contributed by atoms with van der Waals surface area (Å²) in [6.07, 6.45) is 10.2. The summed E-state index contributed by atoms with van der Waals surface area (Å²) in [4.78, 5) is 20.6. The molecule has 1 aromatic heterocycles. The van der Waals surface area contributed by atoms with Crippen LogP contribution in [-0.2, 0) is 5.75 Å². The van der Waals surface area contributed by atoms with Crippen LogP contribution in [0.5, 0.6) is 0 Å². The van der Waals surface area contributed by atoms with Crippen LogP contribution in [0.15, 0.2) is 53.7 Å². The molecule has 1 amide bonds. The minimum atomic E-state index is 0.211. The lowest BCUT2D eigenvalue weighted by Crippen LogP contribution is -2.44. The van der Waals surface area contributed by atoms with Crippen molar-refractivity contribution in [3.05, 3.63) is 59.9 Å². The average Bonchev–Trinajstić information content (AvgIpc) is 2.72. The predicted molar refractivity (Wildman–Crippen MR) is 106 cm³/mol. The third-order valence-electron chi connectivity index (χ3n) is 5.81. The van der Waals surface area contributed by atoms with E-state index in [4.69, 9.17) is 0 Å². The lowest BCUT2D eigenvalue weighted by atomic mass is 9.75. The summed E-state index contributed by atoms with van der Waals surface area (Å²) in [6, 6.07) is 12.1. The number of thioether (sulfide) groups is 1. The lowest BCUT2D eigenvalue weighted by molar-refractivity contribution is 0.0517. The van der Waals surface area contributed by atoms with Crippen molar-refractivity contribution >= 4 is 17.7 Å². The Bertz CT molecular complexity index is 749. The Morgan fingerprint density at radius 2 is 1.92 bits per heavy atom. The quantitative estimate of drug-likeness (QED) is 0.712. The second-order valence-electron chi connectivity index (χ2n) is 7.49. The van der Waals surface area contributed by atoms with Crippen LogP contribution >= 0.6 is 11.8 Å². The van der Waals surface area contributed by atoms with E-state index in [1.54, 1.807) is 18.0 Å². The van der Waals surface area contributed by atoms with E-state index in [0.29, 0.717) is 0 Å². The first-order chi connectivity index (χ1) is 12.8. The van der Waals surface area contributed by atoms with Gasteiger partial charge in [0, 0.05) is 36.1 Å². The molecule has 1 aliphatic heterocycles. The van der Waals surface area contributed by atoms with Crippen LogP contribution in [0, 0.1) is 11.8 Å². The van der Waals surface area contributed by atoms with Crippen LogP contribution in [-0.4, -0.2) is 28.9 Å². The fourth-order valence-corrected chi connectivity index (χ4v) is 5.35. The highest BCUT2D eigenvalue weighted by molar-refractivity contribution is 7.98. The van der Waals surface area contributed by atoms with Crippen LogP contribution in [0.1, 0.15) is 48.0 Å². The van der Waals surface area contributed by atoms with Crippen molar-refractivity contribution in [2.45, 2.75) is 42.8 Å². The number of pyridine rings is 1. The number of aromatic nitrogens is 1. The monoisotopic (exact) mass is 366 g/mol. The van der Waals surface area contributed by atoms with E-state index in [0.717, 1.165) is 41.1 Å². The first kappa shape index (κ1) is 17.6. The molecule has 0 radical (unpaired) electrons. The van der Waals surface area contributed by atoms with Gasteiger partial charge in [0.25, 0.3) is 5.91 Å². The molecule has 1 aromatic carbocycles. The normalized spacial score (nSPS) is 22.7. The van der Waals surface area contributed by atoms with Crippen LogP contribution in [0.25, 0.3) is 0 Å². The second kappa shape index (κ2) is 8.26. The van der Waals surface area contributed by atoms with Crippen LogP contribution in [0.4, 0.5) is 0 Å². The molecule has 1 aliphatic carbocycles. The molecular formula is C22H26N2OS. The molecule has 0 bridgehead atoms. The van der Waals surface area contributed by atoms with E-state index in [9.17, 15) is 4.79 Å².